The van der Waals surface area contributed by atoms with E-state index in [0.29, 0.717) is 24.2 Å². The predicted octanol–water partition coefficient (Wildman–Crippen LogP) is 2.98. The third-order valence-electron chi connectivity index (χ3n) is 3.91. The van der Waals surface area contributed by atoms with Crippen molar-refractivity contribution >= 4 is 17.5 Å². The van der Waals surface area contributed by atoms with Crippen LogP contribution in [0.25, 0.3) is 0 Å². The largest absolute Gasteiger partial charge is 0.347 e. The number of halogens is 1. The van der Waals surface area contributed by atoms with Gasteiger partial charge in [0.2, 0.25) is 0 Å². The number of benzene rings is 2. The predicted molar refractivity (Wildman–Crippen MR) is 94.3 cm³/mol. The lowest BCUT2D eigenvalue weighted by molar-refractivity contribution is -0.686. The molecule has 0 radical (unpaired) electrons. The van der Waals surface area contributed by atoms with E-state index in [0.717, 1.165) is 12.0 Å². The van der Waals surface area contributed by atoms with Crippen molar-refractivity contribution < 1.29 is 10.1 Å². The number of rotatable bonds is 7. The zero-order valence-electron chi connectivity index (χ0n) is 13.7. The van der Waals surface area contributed by atoms with Gasteiger partial charge in [0.1, 0.15) is 6.04 Å². The lowest BCUT2D eigenvalue weighted by Gasteiger charge is -2.14. The fourth-order valence-corrected chi connectivity index (χ4v) is 2.73. The molecule has 2 aromatic rings. The quantitative estimate of drug-likeness (QED) is 0.805. The molecule has 23 heavy (non-hydrogen) atoms. The molecule has 0 heterocycles. The Morgan fingerprint density at radius 3 is 2.61 bits per heavy atom. The molecule has 1 atom stereocenters. The third-order valence-corrected chi connectivity index (χ3v) is 4.15. The Hall–Kier alpha value is -1.84. The minimum atomic E-state index is 0.0375. The van der Waals surface area contributed by atoms with Gasteiger partial charge < -0.3 is 10.6 Å². The Labute approximate surface area is 143 Å². The number of carbonyl (C=O) groups excluding carboxylic acids is 1. The van der Waals surface area contributed by atoms with Gasteiger partial charge in [-0.1, -0.05) is 60.5 Å². The maximum Gasteiger partial charge on any atom is 0.275 e. The van der Waals surface area contributed by atoms with Crippen LogP contribution in [0.1, 0.15) is 36.1 Å². The highest BCUT2D eigenvalue weighted by Gasteiger charge is 2.14. The van der Waals surface area contributed by atoms with Gasteiger partial charge >= 0.3 is 0 Å². The molecular weight excluding hydrogens is 308 g/mol. The Bertz CT molecular complexity index is 640. The minimum absolute atomic E-state index is 0.0375. The Morgan fingerprint density at radius 1 is 1.22 bits per heavy atom. The van der Waals surface area contributed by atoms with E-state index in [9.17, 15) is 4.79 Å². The highest BCUT2D eigenvalue weighted by atomic mass is 35.5. The standard InChI is InChI=1S/C19H23ClN2O/c1-3-18(16-9-7-14(2)8-10-16)21-13-19(23)22-12-15-5-4-6-17(20)11-15/h4-11,18,21H,3,12-13H2,1-2H3,(H,22,23)/p+1/t18-/m0/s1. The number of hydrogen-bond acceptors (Lipinski definition) is 1. The number of quaternary nitrogens is 1. The van der Waals surface area contributed by atoms with Crippen molar-refractivity contribution in [3.05, 3.63) is 70.2 Å². The van der Waals surface area contributed by atoms with E-state index in [-0.39, 0.29) is 5.91 Å². The first kappa shape index (κ1) is 17.5. The summed E-state index contributed by atoms with van der Waals surface area (Å²) in [5, 5.41) is 5.72. The van der Waals surface area contributed by atoms with Crippen molar-refractivity contribution in [2.75, 3.05) is 6.54 Å². The molecule has 122 valence electrons. The molecule has 0 aliphatic carbocycles. The highest BCUT2D eigenvalue weighted by molar-refractivity contribution is 6.30. The molecule has 0 aliphatic heterocycles. The van der Waals surface area contributed by atoms with Gasteiger partial charge in [-0.15, -0.1) is 0 Å². The monoisotopic (exact) mass is 331 g/mol. The molecule has 1 amide bonds. The third kappa shape index (κ3) is 5.70. The topological polar surface area (TPSA) is 45.7 Å². The number of hydrogen-bond donors (Lipinski definition) is 2. The van der Waals surface area contributed by atoms with Crippen LogP contribution >= 0.6 is 11.6 Å². The molecule has 3 N–H and O–H groups in total. The normalized spacial score (nSPS) is 12.0. The zero-order valence-corrected chi connectivity index (χ0v) is 14.4. The first-order valence-electron chi connectivity index (χ1n) is 7.99. The number of aryl methyl sites for hydroxylation is 1. The Balaban J connectivity index is 1.81. The van der Waals surface area contributed by atoms with Gasteiger partial charge in [0.25, 0.3) is 5.91 Å². The molecule has 0 unspecified atom stereocenters. The molecule has 0 saturated heterocycles. The molecule has 0 spiro atoms. The van der Waals surface area contributed by atoms with E-state index in [1.54, 1.807) is 0 Å². The van der Waals surface area contributed by atoms with Gasteiger partial charge in [0.05, 0.1) is 0 Å². The van der Waals surface area contributed by atoms with Crippen LogP contribution in [0, 0.1) is 6.92 Å². The summed E-state index contributed by atoms with van der Waals surface area (Å²) in [7, 11) is 0. The van der Waals surface area contributed by atoms with E-state index in [4.69, 9.17) is 11.6 Å². The van der Waals surface area contributed by atoms with E-state index < -0.39 is 0 Å². The van der Waals surface area contributed by atoms with Crippen molar-refractivity contribution in [2.24, 2.45) is 0 Å². The summed E-state index contributed by atoms with van der Waals surface area (Å²) < 4.78 is 0. The van der Waals surface area contributed by atoms with Gasteiger partial charge in [-0.25, -0.2) is 0 Å². The first-order chi connectivity index (χ1) is 11.1. The maximum absolute atomic E-state index is 12.0. The summed E-state index contributed by atoms with van der Waals surface area (Å²) in [6.07, 6.45) is 0.991. The van der Waals surface area contributed by atoms with Crippen LogP contribution in [0.15, 0.2) is 48.5 Å². The van der Waals surface area contributed by atoms with Crippen molar-refractivity contribution in [1.82, 2.24) is 5.32 Å². The molecule has 4 heteroatoms. The number of carbonyl (C=O) groups is 1. The number of nitrogens with one attached hydrogen (secondary N) is 1. The van der Waals surface area contributed by atoms with Crippen molar-refractivity contribution in [2.45, 2.75) is 32.9 Å². The Kier molecular flexibility index (Phi) is 6.63. The summed E-state index contributed by atoms with van der Waals surface area (Å²) in [4.78, 5) is 12.0. The second-order valence-corrected chi connectivity index (χ2v) is 6.21. The summed E-state index contributed by atoms with van der Waals surface area (Å²) in [6.45, 7) is 5.16. The van der Waals surface area contributed by atoms with Crippen LogP contribution in [0.5, 0.6) is 0 Å². The SMILES string of the molecule is CC[C@H]([NH2+]CC(=O)NCc1cccc(Cl)c1)c1ccc(C)cc1. The van der Waals surface area contributed by atoms with Gasteiger partial charge in [-0.3, -0.25) is 4.79 Å². The van der Waals surface area contributed by atoms with Gasteiger partial charge in [0.15, 0.2) is 6.54 Å². The van der Waals surface area contributed by atoms with Crippen LogP contribution in [-0.4, -0.2) is 12.5 Å². The maximum atomic E-state index is 12.0. The zero-order chi connectivity index (χ0) is 16.7. The Morgan fingerprint density at radius 2 is 1.96 bits per heavy atom. The van der Waals surface area contributed by atoms with Crippen molar-refractivity contribution in [1.29, 1.82) is 0 Å². The second kappa shape index (κ2) is 8.70. The summed E-state index contributed by atoms with van der Waals surface area (Å²) in [5.41, 5.74) is 3.53. The molecule has 2 rings (SSSR count). The van der Waals surface area contributed by atoms with E-state index in [1.807, 2.05) is 24.3 Å². The van der Waals surface area contributed by atoms with Crippen LogP contribution in [-0.2, 0) is 11.3 Å². The molecule has 0 fully saturated rings. The molecular formula is C19H24ClN2O+. The lowest BCUT2D eigenvalue weighted by atomic mass is 10.0. The van der Waals surface area contributed by atoms with Crippen LogP contribution in [0.3, 0.4) is 0 Å². The fourth-order valence-electron chi connectivity index (χ4n) is 2.52. The van der Waals surface area contributed by atoms with E-state index >= 15 is 0 Å². The molecule has 0 aromatic heterocycles. The van der Waals surface area contributed by atoms with Crippen LogP contribution < -0.4 is 10.6 Å². The number of amides is 1. The van der Waals surface area contributed by atoms with Crippen LogP contribution in [0.2, 0.25) is 5.02 Å². The van der Waals surface area contributed by atoms with Gasteiger partial charge in [-0.2, -0.15) is 0 Å². The summed E-state index contributed by atoms with van der Waals surface area (Å²) in [5.74, 6) is 0.0375. The average Bonchev–Trinajstić information content (AvgIpc) is 2.55. The second-order valence-electron chi connectivity index (χ2n) is 5.77. The first-order valence-corrected chi connectivity index (χ1v) is 8.37. The molecule has 2 aromatic carbocycles. The smallest absolute Gasteiger partial charge is 0.275 e. The number of nitrogens with two attached hydrogens (primary N) is 1. The van der Waals surface area contributed by atoms with Crippen molar-refractivity contribution in [3.8, 4) is 0 Å². The van der Waals surface area contributed by atoms with E-state index in [1.165, 1.54) is 11.1 Å². The highest BCUT2D eigenvalue weighted by Crippen LogP contribution is 2.13. The molecule has 0 bridgehead atoms. The lowest BCUT2D eigenvalue weighted by Crippen LogP contribution is -2.87. The summed E-state index contributed by atoms with van der Waals surface area (Å²) >= 11 is 5.94. The molecule has 3 nitrogen and oxygen atoms in total. The summed E-state index contributed by atoms with van der Waals surface area (Å²) in [6, 6.07) is 16.4. The average molecular weight is 332 g/mol. The van der Waals surface area contributed by atoms with Gasteiger partial charge in [0, 0.05) is 23.6 Å². The molecule has 0 saturated carbocycles. The van der Waals surface area contributed by atoms with Gasteiger partial charge in [-0.05, 0) is 24.6 Å². The minimum Gasteiger partial charge on any atom is -0.347 e. The van der Waals surface area contributed by atoms with Crippen LogP contribution in [0.4, 0.5) is 0 Å². The molecule has 0 aliphatic rings. The van der Waals surface area contributed by atoms with E-state index in [2.05, 4.69) is 48.7 Å². The van der Waals surface area contributed by atoms with Crippen molar-refractivity contribution in [3.63, 3.8) is 0 Å². The fraction of sp³-hybridized carbons (Fsp3) is 0.316.